The van der Waals surface area contributed by atoms with Crippen molar-refractivity contribution < 1.29 is 4.74 Å². The molecule has 2 rings (SSSR count). The predicted molar refractivity (Wildman–Crippen MR) is 95.8 cm³/mol. The van der Waals surface area contributed by atoms with Gasteiger partial charge in [0, 0.05) is 12.2 Å². The van der Waals surface area contributed by atoms with Gasteiger partial charge in [0.2, 0.25) is 0 Å². The second kappa shape index (κ2) is 8.92. The van der Waals surface area contributed by atoms with Crippen molar-refractivity contribution in [2.24, 2.45) is 0 Å². The molecule has 0 amide bonds. The number of anilines is 2. The summed E-state index contributed by atoms with van der Waals surface area (Å²) in [6.45, 7) is 6.57. The normalized spacial score (nSPS) is 17.2. The average Bonchev–Trinajstić information content (AvgIpc) is 2.53. The van der Waals surface area contributed by atoms with Crippen molar-refractivity contribution in [3.63, 3.8) is 0 Å². The number of nitrogens with two attached hydrogens (primary N) is 1. The van der Waals surface area contributed by atoms with E-state index in [9.17, 15) is 0 Å². The maximum atomic E-state index is 6.04. The van der Waals surface area contributed by atoms with E-state index in [1.165, 1.54) is 50.6 Å². The van der Waals surface area contributed by atoms with Crippen LogP contribution in [0, 0.1) is 0 Å². The predicted octanol–water partition coefficient (Wildman–Crippen LogP) is 5.00. The van der Waals surface area contributed by atoms with Crippen LogP contribution in [0.2, 0.25) is 0 Å². The topological polar surface area (TPSA) is 38.5 Å². The molecule has 1 heterocycles. The van der Waals surface area contributed by atoms with Crippen molar-refractivity contribution in [2.45, 2.75) is 71.3 Å². The molecule has 0 saturated carbocycles. The largest absolute Gasteiger partial charge is 0.486 e. The fraction of sp³-hybridized carbons (Fsp3) is 0.684. The second-order valence-electron chi connectivity index (χ2n) is 6.44. The number of nitrogens with zero attached hydrogens (tertiary/aromatic N) is 1. The fourth-order valence-corrected chi connectivity index (χ4v) is 3.13. The van der Waals surface area contributed by atoms with Crippen LogP contribution >= 0.6 is 0 Å². The van der Waals surface area contributed by atoms with Gasteiger partial charge in [-0.15, -0.1) is 0 Å². The average molecular weight is 304 g/mol. The van der Waals surface area contributed by atoms with Gasteiger partial charge in [-0.25, -0.2) is 0 Å². The molecule has 3 heteroatoms. The SMILES string of the molecule is CCCCCCCCCN1CC(CC)Oc2ccc(N)cc21. The maximum Gasteiger partial charge on any atom is 0.143 e. The van der Waals surface area contributed by atoms with Crippen LogP contribution in [0.25, 0.3) is 0 Å². The molecule has 1 aliphatic rings. The summed E-state index contributed by atoms with van der Waals surface area (Å²) >= 11 is 0. The molecule has 1 unspecified atom stereocenters. The van der Waals surface area contributed by atoms with Crippen molar-refractivity contribution in [1.82, 2.24) is 0 Å². The van der Waals surface area contributed by atoms with Gasteiger partial charge >= 0.3 is 0 Å². The second-order valence-corrected chi connectivity index (χ2v) is 6.44. The Kier molecular flexibility index (Phi) is 6.88. The molecule has 1 aliphatic heterocycles. The Morgan fingerprint density at radius 1 is 1.09 bits per heavy atom. The number of ether oxygens (including phenoxy) is 1. The molecule has 22 heavy (non-hydrogen) atoms. The molecule has 0 aromatic heterocycles. The molecule has 0 fully saturated rings. The summed E-state index contributed by atoms with van der Waals surface area (Å²) < 4.78 is 6.04. The lowest BCUT2D eigenvalue weighted by Gasteiger charge is -2.36. The highest BCUT2D eigenvalue weighted by atomic mass is 16.5. The summed E-state index contributed by atoms with van der Waals surface area (Å²) in [6, 6.07) is 6.01. The third-order valence-electron chi connectivity index (χ3n) is 4.53. The minimum absolute atomic E-state index is 0.306. The molecular weight excluding hydrogens is 272 g/mol. The third-order valence-corrected chi connectivity index (χ3v) is 4.53. The molecule has 1 atom stereocenters. The van der Waals surface area contributed by atoms with Gasteiger partial charge in [-0.05, 0) is 31.0 Å². The van der Waals surface area contributed by atoms with E-state index in [4.69, 9.17) is 10.5 Å². The number of rotatable bonds is 9. The molecule has 1 aromatic carbocycles. The van der Waals surface area contributed by atoms with Gasteiger partial charge in [0.25, 0.3) is 0 Å². The molecule has 1 aromatic rings. The van der Waals surface area contributed by atoms with E-state index in [1.807, 2.05) is 12.1 Å². The smallest absolute Gasteiger partial charge is 0.143 e. The summed E-state index contributed by atoms with van der Waals surface area (Å²) in [5.41, 5.74) is 7.95. The summed E-state index contributed by atoms with van der Waals surface area (Å²) in [6.07, 6.45) is 10.8. The van der Waals surface area contributed by atoms with E-state index < -0.39 is 0 Å². The standard InChI is InChI=1S/C19H32N2O/c1-3-5-6-7-8-9-10-13-21-15-17(4-2)22-19-12-11-16(20)14-18(19)21/h11-12,14,17H,3-10,13,15,20H2,1-2H3. The minimum atomic E-state index is 0.306. The van der Waals surface area contributed by atoms with Crippen LogP contribution in [0.5, 0.6) is 5.75 Å². The first-order valence-corrected chi connectivity index (χ1v) is 9.05. The lowest BCUT2D eigenvalue weighted by atomic mass is 10.1. The summed E-state index contributed by atoms with van der Waals surface area (Å²) in [4.78, 5) is 2.47. The van der Waals surface area contributed by atoms with Crippen LogP contribution in [0.3, 0.4) is 0 Å². The van der Waals surface area contributed by atoms with E-state index >= 15 is 0 Å². The van der Waals surface area contributed by atoms with E-state index in [0.29, 0.717) is 6.10 Å². The van der Waals surface area contributed by atoms with Crippen LogP contribution in [0.4, 0.5) is 11.4 Å². The Morgan fingerprint density at radius 3 is 2.55 bits per heavy atom. The number of benzene rings is 1. The molecule has 0 radical (unpaired) electrons. The first-order chi connectivity index (χ1) is 10.7. The molecule has 0 saturated heterocycles. The number of fused-ring (bicyclic) bond motifs is 1. The number of hydrogen-bond donors (Lipinski definition) is 1. The van der Waals surface area contributed by atoms with Crippen molar-refractivity contribution in [2.75, 3.05) is 23.7 Å². The molecule has 2 N–H and O–H groups in total. The Morgan fingerprint density at radius 2 is 1.82 bits per heavy atom. The van der Waals surface area contributed by atoms with Crippen molar-refractivity contribution in [1.29, 1.82) is 0 Å². The van der Waals surface area contributed by atoms with E-state index in [0.717, 1.165) is 30.9 Å². The zero-order valence-corrected chi connectivity index (χ0v) is 14.3. The highest BCUT2D eigenvalue weighted by Crippen LogP contribution is 2.35. The molecule has 0 aliphatic carbocycles. The number of nitrogen functional groups attached to an aromatic ring is 1. The lowest BCUT2D eigenvalue weighted by Crippen LogP contribution is -2.40. The van der Waals surface area contributed by atoms with Gasteiger partial charge in [0.1, 0.15) is 11.9 Å². The van der Waals surface area contributed by atoms with Crippen molar-refractivity contribution in [3.05, 3.63) is 18.2 Å². The van der Waals surface area contributed by atoms with E-state index in [1.54, 1.807) is 0 Å². The summed E-state index contributed by atoms with van der Waals surface area (Å²) in [5, 5.41) is 0. The fourth-order valence-electron chi connectivity index (χ4n) is 3.13. The minimum Gasteiger partial charge on any atom is -0.486 e. The number of hydrogen-bond acceptors (Lipinski definition) is 3. The quantitative estimate of drug-likeness (QED) is 0.515. The molecule has 124 valence electrons. The Balaban J connectivity index is 1.83. The highest BCUT2D eigenvalue weighted by Gasteiger charge is 2.24. The van der Waals surface area contributed by atoms with Crippen LogP contribution in [0.1, 0.15) is 65.2 Å². The summed E-state index contributed by atoms with van der Waals surface area (Å²) in [7, 11) is 0. The van der Waals surface area contributed by atoms with Crippen molar-refractivity contribution >= 4 is 11.4 Å². The van der Waals surface area contributed by atoms with Crippen LogP contribution < -0.4 is 15.4 Å². The van der Waals surface area contributed by atoms with Crippen molar-refractivity contribution in [3.8, 4) is 5.75 Å². The monoisotopic (exact) mass is 304 g/mol. The first-order valence-electron chi connectivity index (χ1n) is 9.05. The number of unbranched alkanes of at least 4 members (excludes halogenated alkanes) is 6. The molecule has 0 bridgehead atoms. The third kappa shape index (κ3) is 4.82. The van der Waals surface area contributed by atoms with E-state index in [-0.39, 0.29) is 0 Å². The zero-order chi connectivity index (χ0) is 15.8. The molecule has 3 nitrogen and oxygen atoms in total. The Hall–Kier alpha value is -1.38. The van der Waals surface area contributed by atoms with Crippen LogP contribution in [0.15, 0.2) is 18.2 Å². The lowest BCUT2D eigenvalue weighted by molar-refractivity contribution is 0.189. The molecule has 0 spiro atoms. The van der Waals surface area contributed by atoms with Gasteiger partial charge in [-0.1, -0.05) is 52.4 Å². The van der Waals surface area contributed by atoms with Gasteiger partial charge in [-0.2, -0.15) is 0 Å². The van der Waals surface area contributed by atoms with Gasteiger partial charge in [0.15, 0.2) is 0 Å². The Labute approximate surface area is 135 Å². The Bertz CT molecular complexity index is 447. The van der Waals surface area contributed by atoms with Crippen LogP contribution in [-0.2, 0) is 0 Å². The summed E-state index contributed by atoms with van der Waals surface area (Å²) in [5.74, 6) is 0.996. The van der Waals surface area contributed by atoms with E-state index in [2.05, 4.69) is 24.8 Å². The zero-order valence-electron chi connectivity index (χ0n) is 14.3. The first kappa shape index (κ1) is 17.0. The van der Waals surface area contributed by atoms with Gasteiger partial charge in [0.05, 0.1) is 12.2 Å². The highest BCUT2D eigenvalue weighted by molar-refractivity contribution is 5.66. The van der Waals surface area contributed by atoms with Gasteiger partial charge in [-0.3, -0.25) is 0 Å². The van der Waals surface area contributed by atoms with Crippen LogP contribution in [-0.4, -0.2) is 19.2 Å². The molecular formula is C19H32N2O. The maximum absolute atomic E-state index is 6.04. The van der Waals surface area contributed by atoms with Gasteiger partial charge < -0.3 is 15.4 Å².